The Morgan fingerprint density at radius 1 is 1.12 bits per heavy atom. The van der Waals surface area contributed by atoms with E-state index in [9.17, 15) is 4.39 Å². The average molecular weight is 494 g/mol. The number of piperazine rings is 1. The molecule has 0 bridgehead atoms. The van der Waals surface area contributed by atoms with Crippen molar-refractivity contribution in [1.29, 1.82) is 0 Å². The highest BCUT2D eigenvalue weighted by Gasteiger charge is 2.34. The van der Waals surface area contributed by atoms with E-state index in [1.54, 1.807) is 12.1 Å². The molecule has 2 saturated heterocycles. The number of halogens is 3. The van der Waals surface area contributed by atoms with Crippen LogP contribution < -0.4 is 10.2 Å². The third-order valence-electron chi connectivity index (χ3n) is 6.99. The number of piperidine rings is 1. The molecule has 2 fully saturated rings. The maximum Gasteiger partial charge on any atom is 0.147 e. The normalized spacial score (nSPS) is 21.0. The summed E-state index contributed by atoms with van der Waals surface area (Å²) in [6.07, 6.45) is 5.25. The van der Waals surface area contributed by atoms with Gasteiger partial charge in [0.05, 0.1) is 5.02 Å². The summed E-state index contributed by atoms with van der Waals surface area (Å²) in [6.45, 7) is 8.56. The van der Waals surface area contributed by atoms with E-state index in [1.165, 1.54) is 6.07 Å². The number of nitrogens with zero attached hydrogens (tertiary/aromatic N) is 4. The number of hydrogen-bond donors (Lipinski definition) is 1. The summed E-state index contributed by atoms with van der Waals surface area (Å²) in [7, 11) is 1.92. The predicted molar refractivity (Wildman–Crippen MR) is 135 cm³/mol. The van der Waals surface area contributed by atoms with Crippen LogP contribution in [0.5, 0.6) is 0 Å². The molecule has 1 aromatic carbocycles. The molecule has 3 heterocycles. The Bertz CT molecular complexity index is 935. The zero-order valence-electron chi connectivity index (χ0n) is 19.5. The smallest absolute Gasteiger partial charge is 0.147 e. The van der Waals surface area contributed by atoms with Gasteiger partial charge in [0.2, 0.25) is 0 Å². The fraction of sp³-hybridized carbons (Fsp3) is 0.560. The van der Waals surface area contributed by atoms with Crippen LogP contribution in [0.1, 0.15) is 37.3 Å². The number of hydrogen-bond acceptors (Lipinski definition) is 5. The first-order chi connectivity index (χ1) is 16.0. The van der Waals surface area contributed by atoms with Crippen molar-refractivity contribution in [2.75, 3.05) is 44.7 Å². The quantitative estimate of drug-likeness (QED) is 0.598. The number of benzene rings is 1. The molecule has 4 rings (SSSR count). The van der Waals surface area contributed by atoms with Gasteiger partial charge in [-0.2, -0.15) is 0 Å². The van der Waals surface area contributed by atoms with Crippen LogP contribution in [0, 0.1) is 5.82 Å². The Balaban J connectivity index is 1.33. The zero-order valence-corrected chi connectivity index (χ0v) is 21.0. The molecule has 0 saturated carbocycles. The summed E-state index contributed by atoms with van der Waals surface area (Å²) < 4.78 is 14.2. The van der Waals surface area contributed by atoms with Crippen LogP contribution in [0.15, 0.2) is 30.5 Å². The molecule has 0 radical (unpaired) electrons. The van der Waals surface area contributed by atoms with Gasteiger partial charge in [0.1, 0.15) is 11.6 Å². The van der Waals surface area contributed by atoms with Gasteiger partial charge in [-0.05, 0) is 63.2 Å². The van der Waals surface area contributed by atoms with Gasteiger partial charge >= 0.3 is 0 Å². The van der Waals surface area contributed by atoms with Crippen molar-refractivity contribution >= 4 is 29.0 Å². The van der Waals surface area contributed by atoms with Crippen molar-refractivity contribution in [1.82, 2.24) is 20.1 Å². The molecule has 0 spiro atoms. The molecule has 8 heteroatoms. The van der Waals surface area contributed by atoms with Crippen molar-refractivity contribution in [2.24, 2.45) is 0 Å². The average Bonchev–Trinajstić information content (AvgIpc) is 2.81. The minimum Gasteiger partial charge on any atom is -0.353 e. The monoisotopic (exact) mass is 493 g/mol. The van der Waals surface area contributed by atoms with Crippen molar-refractivity contribution < 1.29 is 4.39 Å². The third kappa shape index (κ3) is 5.98. The van der Waals surface area contributed by atoms with Gasteiger partial charge in [-0.3, -0.25) is 9.80 Å². The largest absolute Gasteiger partial charge is 0.353 e. The molecule has 2 aromatic rings. The first-order valence-electron chi connectivity index (χ1n) is 11.9. The van der Waals surface area contributed by atoms with Gasteiger partial charge < -0.3 is 10.2 Å². The van der Waals surface area contributed by atoms with Gasteiger partial charge in [0.15, 0.2) is 0 Å². The van der Waals surface area contributed by atoms with E-state index >= 15 is 0 Å². The molecule has 5 nitrogen and oxygen atoms in total. The Kier molecular flexibility index (Phi) is 8.47. The second-order valence-corrected chi connectivity index (χ2v) is 10.0. The Labute approximate surface area is 206 Å². The molecular formula is C25H34Cl2FN5. The second kappa shape index (κ2) is 11.3. The summed E-state index contributed by atoms with van der Waals surface area (Å²) in [5.74, 6) is 0.687. The number of nitrogens with one attached hydrogen (secondary N) is 1. The third-order valence-corrected chi connectivity index (χ3v) is 7.51. The zero-order chi connectivity index (χ0) is 23.4. The van der Waals surface area contributed by atoms with E-state index in [-0.39, 0.29) is 5.82 Å². The Morgan fingerprint density at radius 2 is 1.91 bits per heavy atom. The molecule has 180 valence electrons. The van der Waals surface area contributed by atoms with Gasteiger partial charge in [0.25, 0.3) is 0 Å². The topological polar surface area (TPSA) is 34.6 Å². The van der Waals surface area contributed by atoms with Crippen molar-refractivity contribution in [3.63, 3.8) is 0 Å². The summed E-state index contributed by atoms with van der Waals surface area (Å²) in [5.41, 5.74) is 1.82. The number of aromatic nitrogens is 1. The highest BCUT2D eigenvalue weighted by Crippen LogP contribution is 2.30. The molecule has 33 heavy (non-hydrogen) atoms. The van der Waals surface area contributed by atoms with Crippen LogP contribution in [0.3, 0.4) is 0 Å². The number of likely N-dealkylation sites (tertiary alicyclic amines) is 1. The van der Waals surface area contributed by atoms with Gasteiger partial charge in [-0.1, -0.05) is 36.2 Å². The van der Waals surface area contributed by atoms with Gasteiger partial charge in [-0.15, -0.1) is 0 Å². The first-order valence-corrected chi connectivity index (χ1v) is 12.7. The lowest BCUT2D eigenvalue weighted by atomic mass is 9.97. The van der Waals surface area contributed by atoms with Crippen LogP contribution in [-0.4, -0.2) is 66.6 Å². The number of rotatable bonds is 7. The molecule has 2 aliphatic rings. The molecule has 0 aliphatic carbocycles. The highest BCUT2D eigenvalue weighted by molar-refractivity contribution is 6.33. The molecule has 0 amide bonds. The maximum absolute atomic E-state index is 14.2. The molecule has 1 atom stereocenters. The molecule has 1 N–H and O–H groups in total. The Hall–Kier alpha value is -1.44. The summed E-state index contributed by atoms with van der Waals surface area (Å²) in [4.78, 5) is 12.1. The number of anilines is 1. The van der Waals surface area contributed by atoms with Gasteiger partial charge in [-0.25, -0.2) is 9.37 Å². The van der Waals surface area contributed by atoms with Crippen LogP contribution >= 0.6 is 23.2 Å². The lowest BCUT2D eigenvalue weighted by molar-refractivity contribution is 0.0607. The molecule has 2 aliphatic heterocycles. The van der Waals surface area contributed by atoms with Crippen LogP contribution in [0.2, 0.25) is 10.0 Å². The van der Waals surface area contributed by atoms with E-state index in [0.717, 1.165) is 80.5 Å². The first kappa shape index (κ1) is 24.7. The van der Waals surface area contributed by atoms with E-state index in [4.69, 9.17) is 23.2 Å². The summed E-state index contributed by atoms with van der Waals surface area (Å²) in [5, 5.41) is 4.32. The van der Waals surface area contributed by atoms with E-state index in [2.05, 4.69) is 31.9 Å². The molecular weight excluding hydrogens is 460 g/mol. The van der Waals surface area contributed by atoms with Gasteiger partial charge in [0, 0.05) is 61.6 Å². The molecule has 0 unspecified atom stereocenters. The predicted octanol–water partition coefficient (Wildman–Crippen LogP) is 4.81. The van der Waals surface area contributed by atoms with Crippen molar-refractivity contribution in [3.8, 4) is 0 Å². The fourth-order valence-corrected chi connectivity index (χ4v) is 5.68. The minimum atomic E-state index is -0.210. The van der Waals surface area contributed by atoms with Crippen LogP contribution in [-0.2, 0) is 13.1 Å². The maximum atomic E-state index is 14.2. The highest BCUT2D eigenvalue weighted by atomic mass is 35.5. The Morgan fingerprint density at radius 3 is 2.58 bits per heavy atom. The minimum absolute atomic E-state index is 0.210. The van der Waals surface area contributed by atoms with Crippen molar-refractivity contribution in [3.05, 3.63) is 57.5 Å². The summed E-state index contributed by atoms with van der Waals surface area (Å²) in [6, 6.07) is 8.06. The van der Waals surface area contributed by atoms with Crippen molar-refractivity contribution in [2.45, 2.75) is 51.4 Å². The van der Waals surface area contributed by atoms with E-state index in [0.29, 0.717) is 23.7 Å². The van der Waals surface area contributed by atoms with E-state index in [1.807, 2.05) is 19.3 Å². The fourth-order valence-electron chi connectivity index (χ4n) is 5.21. The SMILES string of the molecule is CC[C@H]1CN(c2ncc(CNC)cc2Cl)CCN1C1CCN(Cc2ccc(Cl)cc2F)CC1. The lowest BCUT2D eigenvalue weighted by Gasteiger charge is -2.47. The lowest BCUT2D eigenvalue weighted by Crippen LogP contribution is -2.58. The van der Waals surface area contributed by atoms with E-state index < -0.39 is 0 Å². The van der Waals surface area contributed by atoms with Crippen LogP contribution in [0.4, 0.5) is 10.2 Å². The summed E-state index contributed by atoms with van der Waals surface area (Å²) >= 11 is 12.5. The van der Waals surface area contributed by atoms with Crippen LogP contribution in [0.25, 0.3) is 0 Å². The number of pyridine rings is 1. The standard InChI is InChI=1S/C25H34Cl2FN5/c1-3-21-17-32(25-23(27)12-18(14-29-2)15-30-25)10-11-33(21)22-6-8-31(9-7-22)16-19-4-5-20(26)13-24(19)28/h4-5,12-13,15,21-22,29H,3,6-11,14,16-17H2,1-2H3/t21-/m0/s1. The molecule has 1 aromatic heterocycles. The second-order valence-electron chi connectivity index (χ2n) is 9.17.